The highest BCUT2D eigenvalue weighted by molar-refractivity contribution is 7.13. The Hall–Kier alpha value is -2.21. The lowest BCUT2D eigenvalue weighted by molar-refractivity contribution is -0.118. The van der Waals surface area contributed by atoms with Crippen molar-refractivity contribution in [2.45, 2.75) is 19.8 Å². The van der Waals surface area contributed by atoms with Crippen molar-refractivity contribution in [3.05, 3.63) is 41.4 Å². The summed E-state index contributed by atoms with van der Waals surface area (Å²) < 4.78 is 0. The number of rotatable bonds is 7. The number of nitrogens with two attached hydrogens (primary N) is 1. The number of carbonyl (C=O) groups is 2. The molecule has 0 aliphatic heterocycles. The number of hydrogen-bond acceptors (Lipinski definition) is 4. The molecule has 0 saturated heterocycles. The minimum absolute atomic E-state index is 0.0724. The van der Waals surface area contributed by atoms with E-state index in [0.29, 0.717) is 12.2 Å². The number of thiazole rings is 1. The summed E-state index contributed by atoms with van der Waals surface area (Å²) in [5.41, 5.74) is 6.56. The largest absolute Gasteiger partial charge is 0.368 e. The molecule has 5 nitrogen and oxygen atoms in total. The van der Waals surface area contributed by atoms with Gasteiger partial charge in [-0.15, -0.1) is 11.3 Å². The molecule has 1 aromatic carbocycles. The van der Waals surface area contributed by atoms with Crippen LogP contribution in [0.25, 0.3) is 10.6 Å². The van der Waals surface area contributed by atoms with Crippen LogP contribution in [0.15, 0.2) is 35.7 Å². The van der Waals surface area contributed by atoms with Crippen LogP contribution in [0.4, 0.5) is 0 Å². The molecular formula is C16H19N3O2S. The van der Waals surface area contributed by atoms with Gasteiger partial charge >= 0.3 is 0 Å². The van der Waals surface area contributed by atoms with Gasteiger partial charge in [0, 0.05) is 17.5 Å². The summed E-state index contributed by atoms with van der Waals surface area (Å²) in [5, 5.41) is 2.52. The van der Waals surface area contributed by atoms with Crippen molar-refractivity contribution in [2.24, 2.45) is 5.73 Å². The molecule has 2 rings (SSSR count). The average molecular weight is 317 g/mol. The highest BCUT2D eigenvalue weighted by Crippen LogP contribution is 2.23. The van der Waals surface area contributed by atoms with Crippen molar-refractivity contribution in [1.82, 2.24) is 9.88 Å². The number of primary amides is 1. The molecule has 116 valence electrons. The Morgan fingerprint density at radius 1 is 1.27 bits per heavy atom. The molecule has 0 aliphatic carbocycles. The summed E-state index contributed by atoms with van der Waals surface area (Å²) in [6, 6.07) is 9.69. The fraction of sp³-hybridized carbons (Fsp3) is 0.312. The van der Waals surface area contributed by atoms with Gasteiger partial charge in [0.05, 0.1) is 6.54 Å². The Morgan fingerprint density at radius 3 is 2.64 bits per heavy atom. The van der Waals surface area contributed by atoms with Crippen LogP contribution < -0.4 is 5.73 Å². The van der Waals surface area contributed by atoms with Crippen molar-refractivity contribution >= 4 is 23.2 Å². The topological polar surface area (TPSA) is 76.3 Å². The maximum atomic E-state index is 12.5. The zero-order valence-electron chi connectivity index (χ0n) is 12.5. The van der Waals surface area contributed by atoms with Crippen molar-refractivity contribution in [2.75, 3.05) is 13.1 Å². The predicted molar refractivity (Wildman–Crippen MR) is 87.6 cm³/mol. The van der Waals surface area contributed by atoms with Crippen molar-refractivity contribution in [1.29, 1.82) is 0 Å². The normalized spacial score (nSPS) is 10.4. The van der Waals surface area contributed by atoms with E-state index >= 15 is 0 Å². The van der Waals surface area contributed by atoms with Gasteiger partial charge in [-0.3, -0.25) is 9.59 Å². The van der Waals surface area contributed by atoms with Crippen LogP contribution in [0.2, 0.25) is 0 Å². The Kier molecular flexibility index (Phi) is 5.66. The molecule has 2 aromatic rings. The highest BCUT2D eigenvalue weighted by Gasteiger charge is 2.20. The first-order chi connectivity index (χ1) is 10.6. The molecule has 0 spiro atoms. The summed E-state index contributed by atoms with van der Waals surface area (Å²) in [6.45, 7) is 2.47. The molecule has 2 N–H and O–H groups in total. The van der Waals surface area contributed by atoms with Gasteiger partial charge in [-0.2, -0.15) is 0 Å². The number of hydrogen-bond donors (Lipinski definition) is 1. The van der Waals surface area contributed by atoms with Crippen LogP contribution in [0.5, 0.6) is 0 Å². The summed E-state index contributed by atoms with van der Waals surface area (Å²) in [5.74, 6) is -0.756. The molecule has 0 radical (unpaired) electrons. The second-order valence-corrected chi connectivity index (χ2v) is 5.81. The Bertz CT molecular complexity index is 640. The molecule has 2 amide bonds. The molecule has 1 aromatic heterocycles. The fourth-order valence-corrected chi connectivity index (χ4v) is 2.84. The van der Waals surface area contributed by atoms with Crippen LogP contribution in [-0.4, -0.2) is 34.8 Å². The number of unbranched alkanes of at least 4 members (excludes halogenated alkanes) is 1. The lowest BCUT2D eigenvalue weighted by Gasteiger charge is -2.19. The monoisotopic (exact) mass is 317 g/mol. The minimum atomic E-state index is -0.511. The van der Waals surface area contributed by atoms with Gasteiger partial charge in [0.25, 0.3) is 5.91 Å². The first-order valence-corrected chi connectivity index (χ1v) is 8.08. The SMILES string of the molecule is CCCCN(CC(N)=O)C(=O)c1csc(-c2ccccc2)n1. The quantitative estimate of drug-likeness (QED) is 0.852. The summed E-state index contributed by atoms with van der Waals surface area (Å²) in [6.07, 6.45) is 1.77. The number of aromatic nitrogens is 1. The van der Waals surface area contributed by atoms with Crippen molar-refractivity contribution in [3.63, 3.8) is 0 Å². The lowest BCUT2D eigenvalue weighted by Crippen LogP contribution is -2.39. The van der Waals surface area contributed by atoms with Gasteiger partial charge < -0.3 is 10.6 Å². The number of benzene rings is 1. The van der Waals surface area contributed by atoms with E-state index in [9.17, 15) is 9.59 Å². The standard InChI is InChI=1S/C16H19N3O2S/c1-2-3-9-19(10-14(17)20)16(21)13-11-22-15(18-13)12-7-5-4-6-8-12/h4-8,11H,2-3,9-10H2,1H3,(H2,17,20). The molecule has 0 bridgehead atoms. The van der Waals surface area contributed by atoms with Gasteiger partial charge in [0.1, 0.15) is 10.7 Å². The van der Waals surface area contributed by atoms with E-state index in [1.54, 1.807) is 5.38 Å². The third kappa shape index (κ3) is 4.14. The van der Waals surface area contributed by atoms with Crippen molar-refractivity contribution < 1.29 is 9.59 Å². The summed E-state index contributed by atoms with van der Waals surface area (Å²) >= 11 is 1.42. The molecule has 0 fully saturated rings. The fourth-order valence-electron chi connectivity index (χ4n) is 2.04. The first kappa shape index (κ1) is 16.2. The average Bonchev–Trinajstić information content (AvgIpc) is 3.01. The molecule has 0 atom stereocenters. The van der Waals surface area contributed by atoms with E-state index in [4.69, 9.17) is 5.73 Å². The second kappa shape index (κ2) is 7.70. The van der Waals surface area contributed by atoms with E-state index in [0.717, 1.165) is 23.4 Å². The van der Waals surface area contributed by atoms with E-state index in [1.807, 2.05) is 37.3 Å². The molecule has 1 heterocycles. The second-order valence-electron chi connectivity index (χ2n) is 4.95. The van der Waals surface area contributed by atoms with E-state index < -0.39 is 5.91 Å². The van der Waals surface area contributed by atoms with Crippen LogP contribution in [0.1, 0.15) is 30.3 Å². The zero-order chi connectivity index (χ0) is 15.9. The number of carbonyl (C=O) groups excluding carboxylic acids is 2. The van der Waals surface area contributed by atoms with E-state index in [2.05, 4.69) is 4.98 Å². The molecule has 0 unspecified atom stereocenters. The number of nitrogens with zero attached hydrogens (tertiary/aromatic N) is 2. The van der Waals surface area contributed by atoms with Gasteiger partial charge in [-0.05, 0) is 6.42 Å². The van der Waals surface area contributed by atoms with Crippen LogP contribution in [-0.2, 0) is 4.79 Å². The van der Waals surface area contributed by atoms with Gasteiger partial charge in [0.2, 0.25) is 5.91 Å². The summed E-state index contributed by atoms with van der Waals surface area (Å²) in [7, 11) is 0. The van der Waals surface area contributed by atoms with E-state index in [1.165, 1.54) is 16.2 Å². The molecule has 0 aliphatic rings. The third-order valence-electron chi connectivity index (χ3n) is 3.16. The van der Waals surface area contributed by atoms with Gasteiger partial charge in [0.15, 0.2) is 0 Å². The number of amides is 2. The molecule has 22 heavy (non-hydrogen) atoms. The zero-order valence-corrected chi connectivity index (χ0v) is 13.3. The first-order valence-electron chi connectivity index (χ1n) is 7.20. The molecular weight excluding hydrogens is 298 g/mol. The highest BCUT2D eigenvalue weighted by atomic mass is 32.1. The predicted octanol–water partition coefficient (Wildman–Crippen LogP) is 2.54. The maximum absolute atomic E-state index is 12.5. The van der Waals surface area contributed by atoms with Gasteiger partial charge in [-0.25, -0.2) is 4.98 Å². The Morgan fingerprint density at radius 2 is 2.00 bits per heavy atom. The lowest BCUT2D eigenvalue weighted by atomic mass is 10.2. The smallest absolute Gasteiger partial charge is 0.273 e. The van der Waals surface area contributed by atoms with Crippen LogP contribution in [0, 0.1) is 0 Å². The minimum Gasteiger partial charge on any atom is -0.368 e. The van der Waals surface area contributed by atoms with Crippen LogP contribution >= 0.6 is 11.3 Å². The summed E-state index contributed by atoms with van der Waals surface area (Å²) in [4.78, 5) is 29.5. The molecule has 6 heteroatoms. The van der Waals surface area contributed by atoms with Crippen LogP contribution in [0.3, 0.4) is 0 Å². The molecule has 0 saturated carbocycles. The third-order valence-corrected chi connectivity index (χ3v) is 4.05. The van der Waals surface area contributed by atoms with Crippen molar-refractivity contribution in [3.8, 4) is 10.6 Å². The van der Waals surface area contributed by atoms with E-state index in [-0.39, 0.29) is 12.5 Å². The maximum Gasteiger partial charge on any atom is 0.273 e. The Balaban J connectivity index is 2.16. The Labute approximate surface area is 133 Å². The van der Waals surface area contributed by atoms with Gasteiger partial charge in [-0.1, -0.05) is 43.7 Å².